The number of carbonyl (C=O) groups is 1. The number of phenols is 1. The van der Waals surface area contributed by atoms with Gasteiger partial charge >= 0.3 is 0 Å². The number of fused-ring (bicyclic) bond motifs is 3. The largest absolute Gasteiger partial charge is 0.506 e. The summed E-state index contributed by atoms with van der Waals surface area (Å²) < 4.78 is 5.82. The second-order valence-electron chi connectivity index (χ2n) is 9.62. The molecule has 2 saturated carbocycles. The van der Waals surface area contributed by atoms with Crippen LogP contribution in [-0.2, 0) is 0 Å². The van der Waals surface area contributed by atoms with E-state index in [0.29, 0.717) is 35.9 Å². The molecule has 1 aliphatic heterocycles. The molecule has 1 heterocycles. The summed E-state index contributed by atoms with van der Waals surface area (Å²) >= 11 is 0. The van der Waals surface area contributed by atoms with Gasteiger partial charge in [0.1, 0.15) is 29.5 Å². The fraction of sp³-hybridized carbons (Fsp3) is 0.286. The molecule has 3 aromatic carbocycles. The molecule has 2 unspecified atom stereocenters. The summed E-state index contributed by atoms with van der Waals surface area (Å²) in [5, 5.41) is 30.3. The van der Waals surface area contributed by atoms with Crippen LogP contribution in [0.4, 0.5) is 5.69 Å². The van der Waals surface area contributed by atoms with Gasteiger partial charge in [-0.2, -0.15) is 5.26 Å². The van der Waals surface area contributed by atoms with Crippen molar-refractivity contribution in [1.29, 1.82) is 5.26 Å². The number of anilines is 1. The lowest BCUT2D eigenvalue weighted by Crippen LogP contribution is -2.38. The summed E-state index contributed by atoms with van der Waals surface area (Å²) in [5.74, 6) is 1.79. The van der Waals surface area contributed by atoms with Crippen LogP contribution in [0.25, 0.3) is 0 Å². The van der Waals surface area contributed by atoms with Gasteiger partial charge in [-0.1, -0.05) is 18.2 Å². The fourth-order valence-corrected chi connectivity index (χ4v) is 6.18. The second-order valence-corrected chi connectivity index (χ2v) is 9.62. The van der Waals surface area contributed by atoms with Crippen LogP contribution in [0.15, 0.2) is 72.8 Å². The zero-order valence-corrected chi connectivity index (χ0v) is 18.5. The first-order valence-corrected chi connectivity index (χ1v) is 11.5. The number of rotatable bonds is 6. The lowest BCUT2D eigenvalue weighted by atomic mass is 9.82. The number of nitriles is 1. The second kappa shape index (κ2) is 7.34. The third-order valence-electron chi connectivity index (χ3n) is 8.13. The van der Waals surface area contributed by atoms with Crippen LogP contribution in [0.5, 0.6) is 17.2 Å². The molecule has 1 spiro atoms. The maximum Gasteiger partial charge on any atom is 0.163 e. The highest BCUT2D eigenvalue weighted by atomic mass is 16.5. The molecular formula is C28H24N2O4. The maximum atomic E-state index is 13.1. The van der Waals surface area contributed by atoms with Crippen molar-refractivity contribution in [2.45, 2.75) is 25.5 Å². The fourth-order valence-electron chi connectivity index (χ4n) is 6.18. The molecule has 1 saturated heterocycles. The van der Waals surface area contributed by atoms with E-state index in [9.17, 15) is 15.0 Å². The van der Waals surface area contributed by atoms with E-state index in [0.717, 1.165) is 18.6 Å². The number of phenolic OH excluding ortho intramolecular Hbond substituents is 1. The number of ketones is 1. The van der Waals surface area contributed by atoms with E-state index in [1.807, 2.05) is 53.4 Å². The molecule has 2 N–H and O–H groups in total. The Morgan fingerprint density at radius 3 is 2.50 bits per heavy atom. The van der Waals surface area contributed by atoms with Gasteiger partial charge in [-0.15, -0.1) is 0 Å². The van der Waals surface area contributed by atoms with E-state index in [4.69, 9.17) is 10.00 Å². The van der Waals surface area contributed by atoms with Crippen LogP contribution < -0.4 is 9.64 Å². The summed E-state index contributed by atoms with van der Waals surface area (Å²) in [4.78, 5) is 15.0. The van der Waals surface area contributed by atoms with Gasteiger partial charge in [0.15, 0.2) is 5.78 Å². The Morgan fingerprint density at radius 1 is 1.09 bits per heavy atom. The standard InChI is InChI=1S/C28H24N2O4/c29-17-19-6-9-20(14-23(19)31)30-13-12-28(26(30)33)25-16-27(25,28)15-24(32)18-7-10-22(11-8-18)34-21-4-2-1-3-5-21/h1-11,14,25-26,31,33H,12-13,15-16H2/t25?,26-,27?,28+/m0/s1. The van der Waals surface area contributed by atoms with Gasteiger partial charge in [0.25, 0.3) is 0 Å². The minimum absolute atomic E-state index is 0.0845. The predicted octanol–water partition coefficient (Wildman–Crippen LogP) is 4.86. The molecule has 0 bridgehead atoms. The Labute approximate surface area is 197 Å². The summed E-state index contributed by atoms with van der Waals surface area (Å²) in [6.45, 7) is 0.657. The smallest absolute Gasteiger partial charge is 0.163 e. The molecule has 34 heavy (non-hydrogen) atoms. The van der Waals surface area contributed by atoms with Crippen LogP contribution in [0.3, 0.4) is 0 Å². The Balaban J connectivity index is 1.14. The third kappa shape index (κ3) is 2.94. The number of hydrogen-bond acceptors (Lipinski definition) is 6. The Hall–Kier alpha value is -3.82. The minimum atomic E-state index is -0.701. The van der Waals surface area contributed by atoms with Crippen LogP contribution in [-0.4, -0.2) is 28.8 Å². The van der Waals surface area contributed by atoms with Crippen molar-refractivity contribution >= 4 is 11.5 Å². The summed E-state index contributed by atoms with van der Waals surface area (Å²) in [7, 11) is 0. The number of aliphatic hydroxyl groups is 1. The van der Waals surface area contributed by atoms with E-state index < -0.39 is 6.23 Å². The first-order valence-electron chi connectivity index (χ1n) is 11.5. The molecule has 170 valence electrons. The summed E-state index contributed by atoms with van der Waals surface area (Å²) in [5.41, 5.74) is 1.17. The van der Waals surface area contributed by atoms with E-state index in [1.54, 1.807) is 24.3 Å². The first kappa shape index (κ1) is 20.8. The molecular weight excluding hydrogens is 428 g/mol. The van der Waals surface area contributed by atoms with Crippen molar-refractivity contribution in [2.24, 2.45) is 16.7 Å². The van der Waals surface area contributed by atoms with E-state index >= 15 is 0 Å². The minimum Gasteiger partial charge on any atom is -0.506 e. The molecule has 6 rings (SSSR count). The van der Waals surface area contributed by atoms with Gasteiger partial charge in [-0.3, -0.25) is 4.79 Å². The van der Waals surface area contributed by atoms with Gasteiger partial charge in [-0.25, -0.2) is 0 Å². The molecule has 0 aromatic heterocycles. The molecule has 6 nitrogen and oxygen atoms in total. The van der Waals surface area contributed by atoms with Crippen molar-refractivity contribution in [3.05, 3.63) is 83.9 Å². The molecule has 0 radical (unpaired) electrons. The lowest BCUT2D eigenvalue weighted by molar-refractivity contribution is 0.0632. The van der Waals surface area contributed by atoms with Gasteiger partial charge in [0, 0.05) is 35.7 Å². The molecule has 3 fully saturated rings. The van der Waals surface area contributed by atoms with Crippen LogP contribution in [0.2, 0.25) is 0 Å². The number of aliphatic hydroxyl groups excluding tert-OH is 1. The molecule has 2 aliphatic carbocycles. The van der Waals surface area contributed by atoms with Gasteiger partial charge in [0.05, 0.1) is 5.56 Å². The molecule has 0 amide bonds. The zero-order valence-electron chi connectivity index (χ0n) is 18.5. The van der Waals surface area contributed by atoms with Crippen molar-refractivity contribution in [3.63, 3.8) is 0 Å². The Kier molecular flexibility index (Phi) is 4.48. The number of benzene rings is 3. The normalized spacial score (nSPS) is 28.3. The first-order chi connectivity index (χ1) is 16.5. The van der Waals surface area contributed by atoms with Crippen LogP contribution in [0.1, 0.15) is 35.2 Å². The highest BCUT2D eigenvalue weighted by Gasteiger charge is 2.91. The highest BCUT2D eigenvalue weighted by molar-refractivity contribution is 5.97. The SMILES string of the molecule is N#Cc1ccc(N2CC[C@@]3(C4CC43CC(=O)c3ccc(Oc4ccccc4)cc3)[C@@H]2O)cc1O. The van der Waals surface area contributed by atoms with Gasteiger partial charge in [-0.05, 0) is 72.7 Å². The average Bonchev–Trinajstić information content (AvgIpc) is 3.65. The van der Waals surface area contributed by atoms with Crippen molar-refractivity contribution < 1.29 is 19.7 Å². The quantitative estimate of drug-likeness (QED) is 0.519. The number of para-hydroxylation sites is 1. The number of aromatic hydroxyl groups is 1. The Bertz CT molecular complexity index is 1320. The lowest BCUT2D eigenvalue weighted by Gasteiger charge is -2.30. The van der Waals surface area contributed by atoms with Crippen molar-refractivity contribution in [3.8, 4) is 23.3 Å². The zero-order chi connectivity index (χ0) is 23.5. The number of ether oxygens (including phenoxy) is 1. The van der Waals surface area contributed by atoms with Gasteiger partial charge in [0.2, 0.25) is 0 Å². The van der Waals surface area contributed by atoms with Crippen LogP contribution >= 0.6 is 0 Å². The van der Waals surface area contributed by atoms with E-state index in [2.05, 4.69) is 0 Å². The van der Waals surface area contributed by atoms with Crippen molar-refractivity contribution in [2.75, 3.05) is 11.4 Å². The topological polar surface area (TPSA) is 93.8 Å². The number of nitrogens with zero attached hydrogens (tertiary/aromatic N) is 2. The number of Topliss-reactive ketones (excluding diaryl/α,β-unsaturated/α-hetero) is 1. The maximum absolute atomic E-state index is 13.1. The molecule has 4 atom stereocenters. The number of carbonyl (C=O) groups excluding carboxylic acids is 1. The highest BCUT2D eigenvalue weighted by Crippen LogP contribution is 2.93. The summed E-state index contributed by atoms with van der Waals surface area (Å²) in [6, 6.07) is 23.6. The van der Waals surface area contributed by atoms with E-state index in [1.165, 1.54) is 6.07 Å². The Morgan fingerprint density at radius 2 is 1.82 bits per heavy atom. The molecule has 3 aromatic rings. The monoisotopic (exact) mass is 452 g/mol. The third-order valence-corrected chi connectivity index (χ3v) is 8.13. The average molecular weight is 453 g/mol. The molecule has 6 heteroatoms. The molecule has 3 aliphatic rings. The summed E-state index contributed by atoms with van der Waals surface area (Å²) in [6.07, 6.45) is 1.52. The van der Waals surface area contributed by atoms with Gasteiger partial charge < -0.3 is 19.8 Å². The predicted molar refractivity (Wildman–Crippen MR) is 126 cm³/mol. The number of hydrogen-bond donors (Lipinski definition) is 2. The van der Waals surface area contributed by atoms with E-state index in [-0.39, 0.29) is 27.9 Å². The van der Waals surface area contributed by atoms with Crippen LogP contribution in [0, 0.1) is 28.1 Å². The van der Waals surface area contributed by atoms with Crippen molar-refractivity contribution in [1.82, 2.24) is 0 Å².